The molecule has 2 aromatic heterocycles. The molecule has 2 aliphatic rings. The topological polar surface area (TPSA) is 76.3 Å². The fourth-order valence-corrected chi connectivity index (χ4v) is 4.97. The highest BCUT2D eigenvalue weighted by Gasteiger charge is 2.42. The number of halogens is 4. The second-order valence-corrected chi connectivity index (χ2v) is 10.3. The van der Waals surface area contributed by atoms with Crippen LogP contribution in [-0.2, 0) is 0 Å². The normalized spacial score (nSPS) is 19.2. The van der Waals surface area contributed by atoms with E-state index in [9.17, 15) is 14.0 Å². The first-order valence-electron chi connectivity index (χ1n) is 12.9. The van der Waals surface area contributed by atoms with Crippen molar-refractivity contribution in [3.63, 3.8) is 0 Å². The molecule has 2 aliphatic carbocycles. The van der Waals surface area contributed by atoms with Crippen LogP contribution in [0.5, 0.6) is 0 Å². The Morgan fingerprint density at radius 2 is 1.93 bits per heavy atom. The SMILES string of the molecule is C/C=C/N=C(/C(F)=C/n1c(C)cc(C2CC2c2cncc(F)c2)c(Cl)c1=O)c1cccc(C(=O)NC2CC2)c1F. The van der Waals surface area contributed by atoms with E-state index in [0.29, 0.717) is 23.2 Å². The third-order valence-electron chi connectivity index (χ3n) is 6.98. The maximum Gasteiger partial charge on any atom is 0.273 e. The van der Waals surface area contributed by atoms with Crippen molar-refractivity contribution in [1.29, 1.82) is 0 Å². The number of benzene rings is 1. The van der Waals surface area contributed by atoms with Gasteiger partial charge in [0.25, 0.3) is 11.5 Å². The summed E-state index contributed by atoms with van der Waals surface area (Å²) in [5.74, 6) is -3.08. The van der Waals surface area contributed by atoms with Crippen molar-refractivity contribution in [2.45, 2.75) is 51.0 Å². The lowest BCUT2D eigenvalue weighted by Gasteiger charge is -2.13. The lowest BCUT2D eigenvalue weighted by atomic mass is 10.0. The van der Waals surface area contributed by atoms with Crippen molar-refractivity contribution >= 4 is 29.4 Å². The van der Waals surface area contributed by atoms with Crippen LogP contribution in [0.3, 0.4) is 0 Å². The zero-order chi connectivity index (χ0) is 28.6. The number of nitrogens with one attached hydrogen (secondary N) is 1. The Bertz CT molecular complexity index is 1640. The molecule has 1 amide bonds. The van der Waals surface area contributed by atoms with Crippen molar-refractivity contribution in [2.24, 2.45) is 4.99 Å². The first-order valence-corrected chi connectivity index (χ1v) is 13.3. The Balaban J connectivity index is 1.49. The summed E-state index contributed by atoms with van der Waals surface area (Å²) in [6.07, 6.45) is 8.78. The summed E-state index contributed by atoms with van der Waals surface area (Å²) in [6, 6.07) is 7.21. The summed E-state index contributed by atoms with van der Waals surface area (Å²) < 4.78 is 45.9. The molecule has 1 aromatic carbocycles. The van der Waals surface area contributed by atoms with Gasteiger partial charge in [-0.25, -0.2) is 13.2 Å². The van der Waals surface area contributed by atoms with E-state index in [-0.39, 0.29) is 39.7 Å². The highest BCUT2D eigenvalue weighted by Crippen LogP contribution is 2.55. The number of rotatable bonds is 8. The lowest BCUT2D eigenvalue weighted by Crippen LogP contribution is -2.27. The second-order valence-electron chi connectivity index (χ2n) is 9.97. The van der Waals surface area contributed by atoms with Gasteiger partial charge in [-0.3, -0.25) is 24.1 Å². The van der Waals surface area contributed by atoms with E-state index in [0.717, 1.165) is 29.8 Å². The Morgan fingerprint density at radius 3 is 2.62 bits per heavy atom. The minimum atomic E-state index is -0.999. The third-order valence-corrected chi connectivity index (χ3v) is 7.36. The van der Waals surface area contributed by atoms with Gasteiger partial charge >= 0.3 is 0 Å². The number of aliphatic imine (C=N–C) groups is 1. The van der Waals surface area contributed by atoms with Crippen LogP contribution in [-0.4, -0.2) is 27.2 Å². The van der Waals surface area contributed by atoms with Crippen LogP contribution < -0.4 is 10.9 Å². The molecule has 0 saturated heterocycles. The Morgan fingerprint density at radius 1 is 1.18 bits per heavy atom. The smallest absolute Gasteiger partial charge is 0.273 e. The number of pyridine rings is 2. The average molecular weight is 567 g/mol. The average Bonchev–Trinajstić information content (AvgIpc) is 3.86. The predicted molar refractivity (Wildman–Crippen MR) is 148 cm³/mol. The van der Waals surface area contributed by atoms with E-state index in [1.165, 1.54) is 36.5 Å². The molecule has 0 spiro atoms. The van der Waals surface area contributed by atoms with E-state index in [2.05, 4.69) is 15.3 Å². The van der Waals surface area contributed by atoms with Gasteiger partial charge in [0, 0.05) is 29.7 Å². The fraction of sp³-hybridized carbons (Fsp3) is 0.267. The quantitative estimate of drug-likeness (QED) is 0.319. The number of nitrogens with zero attached hydrogens (tertiary/aromatic N) is 3. The molecule has 6 nitrogen and oxygen atoms in total. The number of aryl methyl sites for hydroxylation is 1. The molecule has 10 heteroatoms. The van der Waals surface area contributed by atoms with Crippen LogP contribution in [0.25, 0.3) is 6.20 Å². The standard InChI is InChI=1S/C30H26ClF3N4O2/c1-3-9-36-28(20-5-4-6-21(27(20)34)29(39)37-19-7-8-19)25(33)15-38-16(2)10-24(26(31)30(38)40)23-12-22(23)17-11-18(32)14-35-13-17/h3-6,9-11,13-15,19,22-23H,7-8,12H2,1-2H3,(H,37,39)/b9-3+,25-15-,36-28+. The number of allylic oxidation sites excluding steroid dienone is 2. The van der Waals surface area contributed by atoms with Gasteiger partial charge in [0.1, 0.15) is 22.4 Å². The number of carbonyl (C=O) groups is 1. The molecule has 3 aromatic rings. The summed E-state index contributed by atoms with van der Waals surface area (Å²) in [5.41, 5.74) is 0.209. The zero-order valence-electron chi connectivity index (χ0n) is 21.8. The first-order chi connectivity index (χ1) is 19.2. The highest BCUT2D eigenvalue weighted by atomic mass is 35.5. The minimum Gasteiger partial charge on any atom is -0.349 e. The van der Waals surface area contributed by atoms with Gasteiger partial charge in [-0.05, 0) is 80.3 Å². The van der Waals surface area contributed by atoms with Crippen molar-refractivity contribution in [1.82, 2.24) is 14.9 Å². The number of carbonyl (C=O) groups excluding carboxylic acids is 1. The largest absolute Gasteiger partial charge is 0.349 e. The summed E-state index contributed by atoms with van der Waals surface area (Å²) in [6.45, 7) is 3.29. The van der Waals surface area contributed by atoms with E-state index in [4.69, 9.17) is 11.6 Å². The summed E-state index contributed by atoms with van der Waals surface area (Å²) in [5, 5.41) is 2.64. The third kappa shape index (κ3) is 5.65. The van der Waals surface area contributed by atoms with Gasteiger partial charge in [-0.2, -0.15) is 0 Å². The second kappa shape index (κ2) is 11.3. The Kier molecular flexibility index (Phi) is 7.76. The minimum absolute atomic E-state index is 0.0161. The molecule has 2 heterocycles. The molecular weight excluding hydrogens is 541 g/mol. The van der Waals surface area contributed by atoms with Gasteiger partial charge in [0.05, 0.1) is 18.0 Å². The van der Waals surface area contributed by atoms with Crippen molar-refractivity contribution < 1.29 is 18.0 Å². The van der Waals surface area contributed by atoms with E-state index < -0.39 is 28.9 Å². The molecule has 0 aliphatic heterocycles. The molecule has 1 N–H and O–H groups in total. The van der Waals surface area contributed by atoms with Crippen molar-refractivity contribution in [3.8, 4) is 0 Å². The van der Waals surface area contributed by atoms with Gasteiger partial charge in [-0.15, -0.1) is 0 Å². The maximum atomic E-state index is 15.8. The lowest BCUT2D eigenvalue weighted by molar-refractivity contribution is 0.0947. The molecular formula is C30H26ClF3N4O2. The molecule has 2 unspecified atom stereocenters. The monoisotopic (exact) mass is 566 g/mol. The summed E-state index contributed by atoms with van der Waals surface area (Å²) in [4.78, 5) is 33.7. The van der Waals surface area contributed by atoms with Gasteiger partial charge in [0.15, 0.2) is 5.83 Å². The molecule has 0 bridgehead atoms. The van der Waals surface area contributed by atoms with Crippen LogP contribution in [0.2, 0.25) is 5.02 Å². The number of aromatic nitrogens is 2. The van der Waals surface area contributed by atoms with Crippen LogP contribution >= 0.6 is 11.6 Å². The maximum absolute atomic E-state index is 15.8. The molecule has 5 rings (SSSR count). The van der Waals surface area contributed by atoms with E-state index in [1.54, 1.807) is 26.1 Å². The number of hydrogen-bond donors (Lipinski definition) is 1. The molecule has 40 heavy (non-hydrogen) atoms. The van der Waals surface area contributed by atoms with Gasteiger partial charge in [0.2, 0.25) is 0 Å². The van der Waals surface area contributed by atoms with Gasteiger partial charge in [-0.1, -0.05) is 23.7 Å². The molecule has 206 valence electrons. The molecule has 0 radical (unpaired) electrons. The predicted octanol–water partition coefficient (Wildman–Crippen LogP) is 6.44. The Hall–Kier alpha value is -3.98. The molecule has 2 atom stereocenters. The van der Waals surface area contributed by atoms with Crippen LogP contribution in [0.4, 0.5) is 13.2 Å². The highest BCUT2D eigenvalue weighted by molar-refractivity contribution is 6.31. The van der Waals surface area contributed by atoms with Gasteiger partial charge < -0.3 is 5.32 Å². The zero-order valence-corrected chi connectivity index (χ0v) is 22.6. The van der Waals surface area contributed by atoms with Crippen LogP contribution in [0, 0.1) is 18.6 Å². The molecule has 2 saturated carbocycles. The number of amides is 1. The Labute approximate surface area is 233 Å². The van der Waals surface area contributed by atoms with Crippen LogP contribution in [0.1, 0.15) is 70.8 Å². The van der Waals surface area contributed by atoms with Crippen molar-refractivity contribution in [3.05, 3.63) is 116 Å². The van der Waals surface area contributed by atoms with Crippen molar-refractivity contribution in [2.75, 3.05) is 0 Å². The van der Waals surface area contributed by atoms with E-state index >= 15 is 8.78 Å². The fourth-order valence-electron chi connectivity index (χ4n) is 4.68. The van der Waals surface area contributed by atoms with Crippen LogP contribution in [0.15, 0.2) is 70.6 Å². The van der Waals surface area contributed by atoms with E-state index in [1.807, 2.05) is 0 Å². The summed E-state index contributed by atoms with van der Waals surface area (Å²) in [7, 11) is 0. The summed E-state index contributed by atoms with van der Waals surface area (Å²) >= 11 is 6.46. The number of hydrogen-bond acceptors (Lipinski definition) is 4. The molecule has 2 fully saturated rings. The first kappa shape index (κ1) is 27.6.